The van der Waals surface area contributed by atoms with Crippen molar-refractivity contribution < 1.29 is 4.84 Å². The van der Waals surface area contributed by atoms with Crippen molar-refractivity contribution in [3.05, 3.63) is 35.9 Å². The van der Waals surface area contributed by atoms with Crippen LogP contribution < -0.4 is 0 Å². The minimum absolute atomic E-state index is 0.0953. The predicted octanol–water partition coefficient (Wildman–Crippen LogP) is 3.71. The smallest absolute Gasteiger partial charge is 0.125 e. The van der Waals surface area contributed by atoms with Crippen molar-refractivity contribution in [2.75, 3.05) is 6.61 Å². The number of hydrogen-bond acceptors (Lipinski definition) is 3. The molecule has 0 bridgehead atoms. The summed E-state index contributed by atoms with van der Waals surface area (Å²) in [4.78, 5) is 5.90. The van der Waals surface area contributed by atoms with Crippen LogP contribution >= 0.6 is 0 Å². The van der Waals surface area contributed by atoms with Gasteiger partial charge in [0.25, 0.3) is 0 Å². The third-order valence-electron chi connectivity index (χ3n) is 4.86. The molecule has 1 saturated carbocycles. The van der Waals surface area contributed by atoms with Crippen molar-refractivity contribution in [2.45, 2.75) is 57.0 Å². The highest BCUT2D eigenvalue weighted by molar-refractivity contribution is 5.16. The number of hydroxylamine groups is 2. The Bertz CT molecular complexity index is 476. The zero-order valence-electron chi connectivity index (χ0n) is 12.6. The van der Waals surface area contributed by atoms with Gasteiger partial charge in [-0.1, -0.05) is 49.6 Å². The van der Waals surface area contributed by atoms with Gasteiger partial charge in [0.05, 0.1) is 12.7 Å². The zero-order valence-corrected chi connectivity index (χ0v) is 12.6. The second kappa shape index (κ2) is 7.06. The van der Waals surface area contributed by atoms with Crippen molar-refractivity contribution >= 4 is 0 Å². The first-order chi connectivity index (χ1) is 10.4. The molecule has 112 valence electrons. The summed E-state index contributed by atoms with van der Waals surface area (Å²) in [6.45, 7) is 0.756. The quantitative estimate of drug-likeness (QED) is 0.849. The van der Waals surface area contributed by atoms with Crippen LogP contribution in [0.4, 0.5) is 0 Å². The van der Waals surface area contributed by atoms with Gasteiger partial charge in [0.15, 0.2) is 0 Å². The van der Waals surface area contributed by atoms with E-state index in [0.29, 0.717) is 12.0 Å². The standard InChI is InChI=1S/C18H24N2O/c19-14-18-16(13-15-7-3-1-4-8-15)11-12-21-20(18)17-9-5-2-6-10-17/h1,3-4,7-8,16-18H,2,5-6,9-13H2. The summed E-state index contributed by atoms with van der Waals surface area (Å²) < 4.78 is 0. The molecule has 2 fully saturated rings. The predicted molar refractivity (Wildman–Crippen MR) is 82.3 cm³/mol. The molecule has 0 aromatic heterocycles. The Morgan fingerprint density at radius 3 is 2.57 bits per heavy atom. The van der Waals surface area contributed by atoms with Gasteiger partial charge in [-0.3, -0.25) is 4.84 Å². The molecule has 1 aliphatic heterocycles. The van der Waals surface area contributed by atoms with Crippen molar-refractivity contribution in [3.8, 4) is 6.07 Å². The molecule has 2 atom stereocenters. The average molecular weight is 284 g/mol. The van der Waals surface area contributed by atoms with Crippen molar-refractivity contribution in [1.82, 2.24) is 5.06 Å². The Morgan fingerprint density at radius 2 is 1.86 bits per heavy atom. The largest absolute Gasteiger partial charge is 0.297 e. The van der Waals surface area contributed by atoms with Gasteiger partial charge >= 0.3 is 0 Å². The average Bonchev–Trinajstić information content (AvgIpc) is 2.56. The lowest BCUT2D eigenvalue weighted by Crippen LogP contribution is -2.51. The van der Waals surface area contributed by atoms with Gasteiger partial charge in [0, 0.05) is 6.04 Å². The van der Waals surface area contributed by atoms with Crippen LogP contribution in [-0.2, 0) is 11.3 Å². The maximum atomic E-state index is 9.67. The normalized spacial score (nSPS) is 28.1. The van der Waals surface area contributed by atoms with Crippen molar-refractivity contribution in [2.24, 2.45) is 5.92 Å². The molecule has 3 heteroatoms. The Labute approximate surface area is 127 Å². The topological polar surface area (TPSA) is 36.3 Å². The third kappa shape index (κ3) is 3.45. The molecular formula is C18H24N2O. The number of nitrogens with zero attached hydrogens (tertiary/aromatic N) is 2. The molecule has 21 heavy (non-hydrogen) atoms. The van der Waals surface area contributed by atoms with Gasteiger partial charge < -0.3 is 0 Å². The molecule has 0 radical (unpaired) electrons. The lowest BCUT2D eigenvalue weighted by molar-refractivity contribution is -0.242. The minimum atomic E-state index is -0.0953. The van der Waals surface area contributed by atoms with E-state index in [4.69, 9.17) is 4.84 Å². The Balaban J connectivity index is 1.70. The van der Waals surface area contributed by atoms with Crippen molar-refractivity contribution in [1.29, 1.82) is 5.26 Å². The van der Waals surface area contributed by atoms with E-state index in [1.54, 1.807) is 0 Å². The van der Waals surface area contributed by atoms with E-state index in [9.17, 15) is 5.26 Å². The molecule has 2 unspecified atom stereocenters. The summed E-state index contributed by atoms with van der Waals surface area (Å²) >= 11 is 0. The van der Waals surface area contributed by atoms with Crippen molar-refractivity contribution in [3.63, 3.8) is 0 Å². The molecular weight excluding hydrogens is 260 g/mol. The van der Waals surface area contributed by atoms with E-state index in [-0.39, 0.29) is 6.04 Å². The minimum Gasteiger partial charge on any atom is -0.297 e. The summed E-state index contributed by atoms with van der Waals surface area (Å²) in [5.41, 5.74) is 1.33. The monoisotopic (exact) mass is 284 g/mol. The summed E-state index contributed by atoms with van der Waals surface area (Å²) in [5, 5.41) is 11.7. The summed E-state index contributed by atoms with van der Waals surface area (Å²) in [5.74, 6) is 0.382. The highest BCUT2D eigenvalue weighted by Crippen LogP contribution is 2.31. The number of nitriles is 1. The van der Waals surface area contributed by atoms with Crippen LogP contribution in [0.2, 0.25) is 0 Å². The number of rotatable bonds is 3. The van der Waals surface area contributed by atoms with E-state index < -0.39 is 0 Å². The molecule has 1 saturated heterocycles. The first-order valence-corrected chi connectivity index (χ1v) is 8.23. The molecule has 0 spiro atoms. The Morgan fingerprint density at radius 1 is 1.10 bits per heavy atom. The molecule has 1 aliphatic carbocycles. The maximum Gasteiger partial charge on any atom is 0.125 e. The molecule has 3 nitrogen and oxygen atoms in total. The van der Waals surface area contributed by atoms with Crippen LogP contribution in [0.25, 0.3) is 0 Å². The first kappa shape index (κ1) is 14.6. The molecule has 1 aromatic carbocycles. The summed E-state index contributed by atoms with van der Waals surface area (Å²) in [6, 6.07) is 13.4. The van der Waals surface area contributed by atoms with Crippen LogP contribution in [0.5, 0.6) is 0 Å². The first-order valence-electron chi connectivity index (χ1n) is 8.23. The molecule has 1 heterocycles. The molecule has 0 amide bonds. The Kier molecular flexibility index (Phi) is 4.90. The van der Waals surface area contributed by atoms with E-state index >= 15 is 0 Å². The fourth-order valence-corrected chi connectivity index (χ4v) is 3.72. The van der Waals surface area contributed by atoms with Gasteiger partial charge in [-0.25, -0.2) is 0 Å². The van der Waals surface area contributed by atoms with Crippen LogP contribution in [-0.4, -0.2) is 23.8 Å². The molecule has 2 aliphatic rings. The highest BCUT2D eigenvalue weighted by atomic mass is 16.7. The van der Waals surface area contributed by atoms with Gasteiger partial charge in [-0.05, 0) is 37.2 Å². The number of benzene rings is 1. The van der Waals surface area contributed by atoms with Crippen LogP contribution in [0.15, 0.2) is 30.3 Å². The zero-order chi connectivity index (χ0) is 14.5. The number of hydrogen-bond donors (Lipinski definition) is 0. The van der Waals surface area contributed by atoms with Gasteiger partial charge in [0.2, 0.25) is 0 Å². The van der Waals surface area contributed by atoms with E-state index in [0.717, 1.165) is 19.4 Å². The maximum absolute atomic E-state index is 9.67. The van der Waals surface area contributed by atoms with Gasteiger partial charge in [-0.2, -0.15) is 10.3 Å². The molecule has 3 rings (SSSR count). The molecule has 0 N–H and O–H groups in total. The van der Waals surface area contributed by atoms with Gasteiger partial charge in [-0.15, -0.1) is 0 Å². The highest BCUT2D eigenvalue weighted by Gasteiger charge is 2.37. The SMILES string of the molecule is N#CC1C(Cc2ccccc2)CCON1C1CCCCC1. The van der Waals surface area contributed by atoms with E-state index in [1.165, 1.54) is 37.7 Å². The Hall–Kier alpha value is -1.37. The fourth-order valence-electron chi connectivity index (χ4n) is 3.72. The van der Waals surface area contributed by atoms with Crippen LogP contribution in [0.1, 0.15) is 44.1 Å². The molecule has 1 aromatic rings. The van der Waals surface area contributed by atoms with E-state index in [2.05, 4.69) is 35.4 Å². The summed E-state index contributed by atoms with van der Waals surface area (Å²) in [7, 11) is 0. The van der Waals surface area contributed by atoms with Crippen LogP contribution in [0, 0.1) is 17.2 Å². The van der Waals surface area contributed by atoms with Gasteiger partial charge in [0.1, 0.15) is 6.04 Å². The fraction of sp³-hybridized carbons (Fsp3) is 0.611. The van der Waals surface area contributed by atoms with E-state index in [1.807, 2.05) is 6.07 Å². The summed E-state index contributed by atoms with van der Waals surface area (Å²) in [6.07, 6.45) is 8.18. The lowest BCUT2D eigenvalue weighted by Gasteiger charge is -2.42. The van der Waals surface area contributed by atoms with Crippen LogP contribution in [0.3, 0.4) is 0 Å². The second-order valence-electron chi connectivity index (χ2n) is 6.30. The third-order valence-corrected chi connectivity index (χ3v) is 4.86. The second-order valence-corrected chi connectivity index (χ2v) is 6.30. The lowest BCUT2D eigenvalue weighted by atomic mass is 9.86.